The first-order valence-electron chi connectivity index (χ1n) is 5.03. The Morgan fingerprint density at radius 3 is 2.24 bits per heavy atom. The standard InChI is InChI=1S/C11H14N2O4/c12-8(10(14)15)6-9(11(16)17)13-7-4-2-1-3-5-7/h1-5,8-9,13H,6,12H2,(H,14,15)(H,16,17)/t8-,9?/m0/s1. The van der Waals surface area contributed by atoms with Crippen molar-refractivity contribution in [3.05, 3.63) is 30.3 Å². The summed E-state index contributed by atoms with van der Waals surface area (Å²) in [7, 11) is 0. The van der Waals surface area contributed by atoms with E-state index in [2.05, 4.69) is 5.32 Å². The van der Waals surface area contributed by atoms with E-state index in [4.69, 9.17) is 15.9 Å². The molecule has 1 aromatic carbocycles. The average molecular weight is 238 g/mol. The number of carbonyl (C=O) groups is 2. The van der Waals surface area contributed by atoms with E-state index in [9.17, 15) is 9.59 Å². The second kappa shape index (κ2) is 5.86. The first kappa shape index (κ1) is 13.0. The van der Waals surface area contributed by atoms with Gasteiger partial charge in [-0.2, -0.15) is 0 Å². The highest BCUT2D eigenvalue weighted by molar-refractivity contribution is 5.80. The number of nitrogens with two attached hydrogens (primary N) is 1. The molecule has 0 fully saturated rings. The summed E-state index contributed by atoms with van der Waals surface area (Å²) in [6.45, 7) is 0. The Morgan fingerprint density at radius 2 is 1.76 bits per heavy atom. The molecule has 0 radical (unpaired) electrons. The van der Waals surface area contributed by atoms with E-state index >= 15 is 0 Å². The van der Waals surface area contributed by atoms with Gasteiger partial charge >= 0.3 is 11.9 Å². The van der Waals surface area contributed by atoms with Crippen LogP contribution in [0.5, 0.6) is 0 Å². The predicted octanol–water partition coefficient (Wildman–Crippen LogP) is 0.354. The van der Waals surface area contributed by atoms with Gasteiger partial charge in [-0.3, -0.25) is 4.79 Å². The van der Waals surface area contributed by atoms with E-state index in [0.717, 1.165) is 0 Å². The van der Waals surface area contributed by atoms with Crippen LogP contribution in [-0.2, 0) is 9.59 Å². The minimum absolute atomic E-state index is 0.181. The van der Waals surface area contributed by atoms with Crippen LogP contribution in [0.15, 0.2) is 30.3 Å². The van der Waals surface area contributed by atoms with Crippen LogP contribution in [0.1, 0.15) is 6.42 Å². The lowest BCUT2D eigenvalue weighted by Gasteiger charge is -2.17. The molecule has 0 amide bonds. The number of hydrogen-bond donors (Lipinski definition) is 4. The van der Waals surface area contributed by atoms with Crippen molar-refractivity contribution >= 4 is 17.6 Å². The average Bonchev–Trinajstić information content (AvgIpc) is 2.29. The maximum atomic E-state index is 11.0. The van der Waals surface area contributed by atoms with E-state index in [1.807, 2.05) is 0 Å². The summed E-state index contributed by atoms with van der Waals surface area (Å²) in [6, 6.07) is 6.46. The molecule has 0 aliphatic heterocycles. The van der Waals surface area contributed by atoms with Crippen LogP contribution >= 0.6 is 0 Å². The van der Waals surface area contributed by atoms with Gasteiger partial charge in [-0.05, 0) is 12.1 Å². The van der Waals surface area contributed by atoms with Gasteiger partial charge in [0.1, 0.15) is 12.1 Å². The first-order chi connectivity index (χ1) is 8.00. The fourth-order valence-electron chi connectivity index (χ4n) is 1.31. The first-order valence-corrected chi connectivity index (χ1v) is 5.03. The minimum Gasteiger partial charge on any atom is -0.480 e. The van der Waals surface area contributed by atoms with Crippen LogP contribution in [0.4, 0.5) is 5.69 Å². The van der Waals surface area contributed by atoms with Crippen LogP contribution in [0.25, 0.3) is 0 Å². The topological polar surface area (TPSA) is 113 Å². The van der Waals surface area contributed by atoms with Crippen molar-refractivity contribution < 1.29 is 19.8 Å². The molecular weight excluding hydrogens is 224 g/mol. The number of hydrogen-bond acceptors (Lipinski definition) is 4. The van der Waals surface area contributed by atoms with E-state index in [0.29, 0.717) is 5.69 Å². The largest absolute Gasteiger partial charge is 0.480 e. The van der Waals surface area contributed by atoms with Crippen molar-refractivity contribution in [3.63, 3.8) is 0 Å². The fraction of sp³-hybridized carbons (Fsp3) is 0.273. The molecule has 2 atom stereocenters. The number of carboxylic acid groups (broad SMARTS) is 2. The number of benzene rings is 1. The molecular formula is C11H14N2O4. The van der Waals surface area contributed by atoms with Crippen LogP contribution in [0.3, 0.4) is 0 Å². The van der Waals surface area contributed by atoms with E-state index in [1.54, 1.807) is 30.3 Å². The zero-order valence-corrected chi connectivity index (χ0v) is 9.04. The van der Waals surface area contributed by atoms with Gasteiger partial charge in [0.25, 0.3) is 0 Å². The van der Waals surface area contributed by atoms with Crippen LogP contribution in [-0.4, -0.2) is 34.2 Å². The fourth-order valence-corrected chi connectivity index (χ4v) is 1.31. The Balaban J connectivity index is 2.67. The normalized spacial score (nSPS) is 13.7. The molecule has 6 nitrogen and oxygen atoms in total. The molecule has 5 N–H and O–H groups in total. The van der Waals surface area contributed by atoms with Crippen molar-refractivity contribution in [2.24, 2.45) is 5.73 Å². The van der Waals surface area contributed by atoms with E-state index < -0.39 is 24.0 Å². The van der Waals surface area contributed by atoms with Crippen molar-refractivity contribution in [1.29, 1.82) is 0 Å². The Labute approximate surface area is 98.1 Å². The zero-order chi connectivity index (χ0) is 12.8. The van der Waals surface area contributed by atoms with Crippen LogP contribution in [0.2, 0.25) is 0 Å². The third-order valence-corrected chi connectivity index (χ3v) is 2.22. The summed E-state index contributed by atoms with van der Waals surface area (Å²) in [5.41, 5.74) is 5.91. The van der Waals surface area contributed by atoms with Gasteiger partial charge in [0.05, 0.1) is 0 Å². The Morgan fingerprint density at radius 1 is 1.18 bits per heavy atom. The number of nitrogens with one attached hydrogen (secondary N) is 1. The molecule has 0 aliphatic carbocycles. The molecule has 0 spiro atoms. The summed E-state index contributed by atoms with van der Waals surface area (Å²) in [5.74, 6) is -2.35. The van der Waals surface area contributed by atoms with E-state index in [-0.39, 0.29) is 6.42 Å². The molecule has 0 aromatic heterocycles. The summed E-state index contributed by atoms with van der Waals surface area (Å²) in [4.78, 5) is 21.5. The summed E-state index contributed by atoms with van der Waals surface area (Å²) in [6.07, 6.45) is -0.181. The second-order valence-corrected chi connectivity index (χ2v) is 3.58. The lowest BCUT2D eigenvalue weighted by atomic mass is 10.1. The summed E-state index contributed by atoms with van der Waals surface area (Å²) >= 11 is 0. The molecule has 1 rings (SSSR count). The SMILES string of the molecule is N[C@@H](CC(Nc1ccccc1)C(=O)O)C(=O)O. The molecule has 0 saturated heterocycles. The Hall–Kier alpha value is -2.08. The van der Waals surface area contributed by atoms with Crippen molar-refractivity contribution in [2.75, 3.05) is 5.32 Å². The molecule has 0 heterocycles. The van der Waals surface area contributed by atoms with Crippen molar-refractivity contribution in [3.8, 4) is 0 Å². The van der Waals surface area contributed by atoms with Gasteiger partial charge < -0.3 is 21.3 Å². The molecule has 0 saturated carbocycles. The number of carboxylic acids is 2. The number of aliphatic carboxylic acids is 2. The van der Waals surface area contributed by atoms with Gasteiger partial charge in [0, 0.05) is 12.1 Å². The molecule has 0 aliphatic rings. The Kier molecular flexibility index (Phi) is 4.47. The lowest BCUT2D eigenvalue weighted by Crippen LogP contribution is -2.40. The van der Waals surface area contributed by atoms with Crippen LogP contribution < -0.4 is 11.1 Å². The van der Waals surface area contributed by atoms with Crippen molar-refractivity contribution in [1.82, 2.24) is 0 Å². The molecule has 17 heavy (non-hydrogen) atoms. The van der Waals surface area contributed by atoms with Crippen LogP contribution in [0, 0.1) is 0 Å². The van der Waals surface area contributed by atoms with Gasteiger partial charge in [-0.25, -0.2) is 4.79 Å². The highest BCUT2D eigenvalue weighted by Crippen LogP contribution is 2.10. The quantitative estimate of drug-likeness (QED) is 0.569. The van der Waals surface area contributed by atoms with Crippen molar-refractivity contribution in [2.45, 2.75) is 18.5 Å². The van der Waals surface area contributed by atoms with Gasteiger partial charge in [0.2, 0.25) is 0 Å². The molecule has 1 aromatic rings. The second-order valence-electron chi connectivity index (χ2n) is 3.58. The summed E-state index contributed by atoms with van der Waals surface area (Å²) in [5, 5.41) is 20.3. The van der Waals surface area contributed by atoms with E-state index in [1.165, 1.54) is 0 Å². The lowest BCUT2D eigenvalue weighted by molar-refractivity contribution is -0.140. The number of anilines is 1. The maximum absolute atomic E-state index is 11.0. The zero-order valence-electron chi connectivity index (χ0n) is 9.04. The summed E-state index contributed by atoms with van der Waals surface area (Å²) < 4.78 is 0. The number of rotatable bonds is 6. The highest BCUT2D eigenvalue weighted by atomic mass is 16.4. The van der Waals surface area contributed by atoms with Gasteiger partial charge in [-0.1, -0.05) is 18.2 Å². The molecule has 92 valence electrons. The monoisotopic (exact) mass is 238 g/mol. The Bertz CT molecular complexity index is 394. The van der Waals surface area contributed by atoms with Gasteiger partial charge in [0.15, 0.2) is 0 Å². The minimum atomic E-state index is -1.22. The number of para-hydroxylation sites is 1. The maximum Gasteiger partial charge on any atom is 0.326 e. The highest BCUT2D eigenvalue weighted by Gasteiger charge is 2.24. The third kappa shape index (κ3) is 4.12. The predicted molar refractivity (Wildman–Crippen MR) is 61.7 cm³/mol. The third-order valence-electron chi connectivity index (χ3n) is 2.22. The molecule has 6 heteroatoms. The smallest absolute Gasteiger partial charge is 0.326 e. The molecule has 1 unspecified atom stereocenters. The van der Waals surface area contributed by atoms with Gasteiger partial charge in [-0.15, -0.1) is 0 Å². The molecule has 0 bridgehead atoms.